The summed E-state index contributed by atoms with van der Waals surface area (Å²) in [4.78, 5) is 32.0. The Morgan fingerprint density at radius 1 is 0.735 bits per heavy atom. The summed E-state index contributed by atoms with van der Waals surface area (Å²) in [6, 6.07) is 23.1. The minimum absolute atomic E-state index is 0.0540. The molecule has 34 heavy (non-hydrogen) atoms. The van der Waals surface area contributed by atoms with Crippen molar-refractivity contribution in [2.24, 2.45) is 5.41 Å². The molecule has 2 aliphatic rings. The highest BCUT2D eigenvalue weighted by Crippen LogP contribution is 2.42. The first-order valence-electron chi connectivity index (χ1n) is 12.4. The van der Waals surface area contributed by atoms with Crippen LogP contribution in [0.1, 0.15) is 37.8 Å². The number of imide groups is 1. The van der Waals surface area contributed by atoms with Gasteiger partial charge in [0.25, 0.3) is 0 Å². The van der Waals surface area contributed by atoms with E-state index in [1.165, 1.54) is 21.2 Å². The molecular weight excluding hydrogens is 422 g/mol. The van der Waals surface area contributed by atoms with Crippen LogP contribution in [0.15, 0.2) is 66.7 Å². The summed E-state index contributed by atoms with van der Waals surface area (Å²) in [5, 5.41) is 2.64. The second-order valence-corrected chi connectivity index (χ2v) is 9.60. The molecule has 3 aromatic rings. The van der Waals surface area contributed by atoms with Gasteiger partial charge >= 0.3 is 0 Å². The summed E-state index contributed by atoms with van der Waals surface area (Å²) in [6.07, 6.45) is 1.14. The smallest absolute Gasteiger partial charge is 0.249 e. The monoisotopic (exact) mass is 455 g/mol. The van der Waals surface area contributed by atoms with Crippen molar-refractivity contribution in [2.75, 3.05) is 31.1 Å². The zero-order valence-electron chi connectivity index (χ0n) is 20.2. The van der Waals surface area contributed by atoms with Gasteiger partial charge in [-0.3, -0.25) is 19.4 Å². The highest BCUT2D eigenvalue weighted by atomic mass is 16.2. The van der Waals surface area contributed by atoms with Gasteiger partial charge in [0, 0.05) is 39.3 Å². The second-order valence-electron chi connectivity index (χ2n) is 9.60. The van der Waals surface area contributed by atoms with Gasteiger partial charge in [0.1, 0.15) is 5.41 Å². The third-order valence-corrected chi connectivity index (χ3v) is 7.75. The number of nitrogens with zero attached hydrogens (tertiary/aromatic N) is 3. The maximum atomic E-state index is 12.8. The molecule has 5 rings (SSSR count). The van der Waals surface area contributed by atoms with Gasteiger partial charge in [-0.2, -0.15) is 0 Å². The van der Waals surface area contributed by atoms with Crippen molar-refractivity contribution < 1.29 is 9.59 Å². The number of carbonyl (C=O) groups excluding carboxylic acids is 2. The molecule has 0 spiro atoms. The van der Waals surface area contributed by atoms with E-state index in [2.05, 4.69) is 58.3 Å². The summed E-state index contributed by atoms with van der Waals surface area (Å²) >= 11 is 0. The lowest BCUT2D eigenvalue weighted by atomic mass is 9.73. The number of anilines is 1. The minimum atomic E-state index is -0.809. The van der Waals surface area contributed by atoms with E-state index in [0.717, 1.165) is 44.8 Å². The molecule has 0 N–H and O–H groups in total. The fourth-order valence-corrected chi connectivity index (χ4v) is 5.48. The number of fused-ring (bicyclic) bond motifs is 1. The van der Waals surface area contributed by atoms with E-state index in [4.69, 9.17) is 0 Å². The molecule has 176 valence electrons. The van der Waals surface area contributed by atoms with E-state index in [9.17, 15) is 9.59 Å². The Morgan fingerprint density at radius 2 is 1.35 bits per heavy atom. The predicted octanol–water partition coefficient (Wildman–Crippen LogP) is 4.84. The van der Waals surface area contributed by atoms with Crippen LogP contribution in [0.5, 0.6) is 0 Å². The Hall–Kier alpha value is -3.02. The highest BCUT2D eigenvalue weighted by Gasteiger charge is 2.58. The summed E-state index contributed by atoms with van der Waals surface area (Å²) in [7, 11) is 0. The maximum absolute atomic E-state index is 12.8. The average Bonchev–Trinajstić information content (AvgIpc) is 2.87. The van der Waals surface area contributed by atoms with Crippen LogP contribution in [0, 0.1) is 5.41 Å². The number of β-lactam (4-membered cyclic amide) rings is 2. The first-order valence-corrected chi connectivity index (χ1v) is 12.4. The Kier molecular flexibility index (Phi) is 6.24. The van der Waals surface area contributed by atoms with E-state index in [1.54, 1.807) is 0 Å². The molecule has 0 radical (unpaired) electrons. The molecule has 2 aliphatic heterocycles. The first kappa shape index (κ1) is 22.8. The summed E-state index contributed by atoms with van der Waals surface area (Å²) < 4.78 is 0. The van der Waals surface area contributed by atoms with E-state index < -0.39 is 5.41 Å². The summed E-state index contributed by atoms with van der Waals surface area (Å²) in [5.41, 5.74) is 2.43. The van der Waals surface area contributed by atoms with Crippen LogP contribution in [0.2, 0.25) is 0 Å². The van der Waals surface area contributed by atoms with Gasteiger partial charge in [0.15, 0.2) is 0 Å². The number of carbonyl (C=O) groups is 2. The lowest BCUT2D eigenvalue weighted by molar-refractivity contribution is -0.153. The van der Waals surface area contributed by atoms with Crippen molar-refractivity contribution in [3.63, 3.8) is 0 Å². The predicted molar refractivity (Wildman–Crippen MR) is 136 cm³/mol. The van der Waals surface area contributed by atoms with Crippen LogP contribution in [-0.2, 0) is 22.7 Å². The van der Waals surface area contributed by atoms with E-state index >= 15 is 0 Å². The van der Waals surface area contributed by atoms with E-state index in [0.29, 0.717) is 18.5 Å². The molecule has 0 saturated carbocycles. The van der Waals surface area contributed by atoms with Crippen molar-refractivity contribution in [1.29, 1.82) is 0 Å². The van der Waals surface area contributed by atoms with Crippen LogP contribution in [0.4, 0.5) is 5.69 Å². The summed E-state index contributed by atoms with van der Waals surface area (Å²) in [6.45, 7) is 9.72. The number of rotatable bonds is 7. The van der Waals surface area contributed by atoms with Crippen LogP contribution < -0.4 is 4.90 Å². The number of piperazine rings is 1. The molecule has 2 saturated heterocycles. The lowest BCUT2D eigenvalue weighted by Crippen LogP contribution is -2.66. The Balaban J connectivity index is 1.20. The molecule has 0 bridgehead atoms. The SMILES string of the molecule is CCC1(CC)C(=O)N(c2cccc(CN3CCN(Cc4cccc5ccccc45)CC3)c2)C1=O. The second kappa shape index (κ2) is 9.32. The number of benzene rings is 3. The molecule has 2 amide bonds. The Morgan fingerprint density at radius 3 is 2.06 bits per heavy atom. The molecule has 0 unspecified atom stereocenters. The van der Waals surface area contributed by atoms with Crippen molar-refractivity contribution in [3.8, 4) is 0 Å². The number of hydrogen-bond acceptors (Lipinski definition) is 4. The van der Waals surface area contributed by atoms with E-state index in [-0.39, 0.29) is 11.8 Å². The molecule has 0 aliphatic carbocycles. The van der Waals surface area contributed by atoms with Crippen LogP contribution in [0.25, 0.3) is 10.8 Å². The van der Waals surface area contributed by atoms with E-state index in [1.807, 2.05) is 32.0 Å². The number of amides is 2. The minimum Gasteiger partial charge on any atom is -0.297 e. The van der Waals surface area contributed by atoms with Crippen molar-refractivity contribution in [1.82, 2.24) is 9.80 Å². The molecule has 0 aromatic heterocycles. The molecule has 0 atom stereocenters. The first-order chi connectivity index (χ1) is 16.6. The zero-order chi connectivity index (χ0) is 23.7. The largest absolute Gasteiger partial charge is 0.297 e. The van der Waals surface area contributed by atoms with Gasteiger partial charge in [0.2, 0.25) is 11.8 Å². The molecule has 5 nitrogen and oxygen atoms in total. The van der Waals surface area contributed by atoms with Gasteiger partial charge < -0.3 is 0 Å². The third kappa shape index (κ3) is 3.93. The maximum Gasteiger partial charge on any atom is 0.249 e. The van der Waals surface area contributed by atoms with Crippen LogP contribution in [-0.4, -0.2) is 47.8 Å². The van der Waals surface area contributed by atoms with Gasteiger partial charge in [-0.15, -0.1) is 0 Å². The average molecular weight is 456 g/mol. The normalized spacial score (nSPS) is 18.9. The summed E-state index contributed by atoms with van der Waals surface area (Å²) in [5.74, 6) is -0.108. The quantitative estimate of drug-likeness (QED) is 0.378. The molecule has 2 heterocycles. The Bertz CT molecular complexity index is 1190. The highest BCUT2D eigenvalue weighted by molar-refractivity contribution is 6.36. The zero-order valence-corrected chi connectivity index (χ0v) is 20.2. The fraction of sp³-hybridized carbons (Fsp3) is 0.379. The topological polar surface area (TPSA) is 43.9 Å². The molecular formula is C29H33N3O2. The standard InChI is InChI=1S/C29H33N3O2/c1-3-29(4-2)27(33)32(28(29)34)25-13-7-9-22(19-25)20-30-15-17-31(18-16-30)21-24-12-8-11-23-10-5-6-14-26(23)24/h5-14,19H,3-4,15-18,20-21H2,1-2H3. The third-order valence-electron chi connectivity index (χ3n) is 7.75. The van der Waals surface area contributed by atoms with Crippen molar-refractivity contribution in [3.05, 3.63) is 77.9 Å². The van der Waals surface area contributed by atoms with Gasteiger partial charge in [0.05, 0.1) is 5.69 Å². The van der Waals surface area contributed by atoms with Gasteiger partial charge in [-0.25, -0.2) is 4.90 Å². The molecule has 3 aromatic carbocycles. The molecule has 2 fully saturated rings. The van der Waals surface area contributed by atoms with Gasteiger partial charge in [-0.05, 0) is 46.9 Å². The van der Waals surface area contributed by atoms with Crippen LogP contribution in [0.3, 0.4) is 0 Å². The number of hydrogen-bond donors (Lipinski definition) is 0. The molecule has 5 heteroatoms. The lowest BCUT2D eigenvalue weighted by Gasteiger charge is -2.45. The fourth-order valence-electron chi connectivity index (χ4n) is 5.48. The van der Waals surface area contributed by atoms with Gasteiger partial charge in [-0.1, -0.05) is 68.4 Å². The Labute approximate surface area is 202 Å². The van der Waals surface area contributed by atoms with Crippen molar-refractivity contribution >= 4 is 28.3 Å². The van der Waals surface area contributed by atoms with Crippen molar-refractivity contribution in [2.45, 2.75) is 39.8 Å². The van der Waals surface area contributed by atoms with Crippen LogP contribution >= 0.6 is 0 Å².